The van der Waals surface area contributed by atoms with Crippen LogP contribution >= 0.6 is 11.8 Å². The van der Waals surface area contributed by atoms with E-state index in [1.54, 1.807) is 11.8 Å². The second-order valence-electron chi connectivity index (χ2n) is 5.05. The molecule has 4 N–H and O–H groups in total. The molecule has 0 atom stereocenters. The van der Waals surface area contributed by atoms with Crippen LogP contribution in [0.1, 0.15) is 29.8 Å². The molecule has 1 amide bonds. The highest BCUT2D eigenvalue weighted by Gasteiger charge is 2.32. The molecule has 1 aromatic carbocycles. The largest absolute Gasteiger partial charge is 0.416 e. The lowest BCUT2D eigenvalue weighted by Gasteiger charge is -2.22. The van der Waals surface area contributed by atoms with E-state index < -0.39 is 17.6 Å². The van der Waals surface area contributed by atoms with Crippen LogP contribution < -0.4 is 16.6 Å². The number of anilines is 1. The van der Waals surface area contributed by atoms with E-state index in [0.29, 0.717) is 6.54 Å². The SMILES string of the molecule is CSC(C)(C)CNC(=O)c1cc(C(F)(F)F)ccc1NN. The van der Waals surface area contributed by atoms with Gasteiger partial charge in [-0.15, -0.1) is 0 Å². The summed E-state index contributed by atoms with van der Waals surface area (Å²) < 4.78 is 37.9. The van der Waals surface area contributed by atoms with Gasteiger partial charge in [0.2, 0.25) is 0 Å². The van der Waals surface area contributed by atoms with Gasteiger partial charge in [-0.05, 0) is 38.3 Å². The maximum Gasteiger partial charge on any atom is 0.416 e. The van der Waals surface area contributed by atoms with E-state index in [-0.39, 0.29) is 16.0 Å². The van der Waals surface area contributed by atoms with Crippen LogP contribution in [0.25, 0.3) is 0 Å². The number of hydrogen-bond donors (Lipinski definition) is 3. The Morgan fingerprint density at radius 2 is 1.95 bits per heavy atom. The van der Waals surface area contributed by atoms with Crippen LogP contribution in [0.15, 0.2) is 18.2 Å². The van der Waals surface area contributed by atoms with Gasteiger partial charge in [-0.25, -0.2) is 0 Å². The lowest BCUT2D eigenvalue weighted by molar-refractivity contribution is -0.137. The maximum absolute atomic E-state index is 12.7. The molecule has 0 fully saturated rings. The molecule has 0 unspecified atom stereocenters. The first-order valence-electron chi connectivity index (χ1n) is 6.12. The number of halogens is 3. The van der Waals surface area contributed by atoms with Gasteiger partial charge >= 0.3 is 6.18 Å². The summed E-state index contributed by atoms with van der Waals surface area (Å²) in [6, 6.07) is 2.80. The van der Waals surface area contributed by atoms with Crippen molar-refractivity contribution in [1.29, 1.82) is 0 Å². The molecule has 0 bridgehead atoms. The fourth-order valence-electron chi connectivity index (χ4n) is 1.49. The highest BCUT2D eigenvalue weighted by molar-refractivity contribution is 7.99. The quantitative estimate of drug-likeness (QED) is 0.576. The number of benzene rings is 1. The Kier molecular flexibility index (Phi) is 5.52. The lowest BCUT2D eigenvalue weighted by Crippen LogP contribution is -2.36. The van der Waals surface area contributed by atoms with Gasteiger partial charge in [0.15, 0.2) is 0 Å². The van der Waals surface area contributed by atoms with E-state index in [4.69, 9.17) is 5.84 Å². The molecule has 0 aliphatic heterocycles. The second-order valence-corrected chi connectivity index (χ2v) is 6.56. The van der Waals surface area contributed by atoms with Crippen molar-refractivity contribution >= 4 is 23.4 Å². The van der Waals surface area contributed by atoms with E-state index in [9.17, 15) is 18.0 Å². The van der Waals surface area contributed by atoms with E-state index in [0.717, 1.165) is 18.2 Å². The van der Waals surface area contributed by atoms with E-state index in [1.165, 1.54) is 0 Å². The lowest BCUT2D eigenvalue weighted by atomic mass is 10.1. The molecule has 0 aliphatic carbocycles. The molecule has 0 heterocycles. The molecule has 1 aromatic rings. The summed E-state index contributed by atoms with van der Waals surface area (Å²) in [5.41, 5.74) is 1.35. The Bertz CT molecular complexity index is 518. The van der Waals surface area contributed by atoms with Gasteiger partial charge in [0, 0.05) is 11.3 Å². The summed E-state index contributed by atoms with van der Waals surface area (Å²) in [7, 11) is 0. The molecule has 1 rings (SSSR count). The van der Waals surface area contributed by atoms with Crippen LogP contribution in [0.2, 0.25) is 0 Å². The number of carbonyl (C=O) groups excluding carboxylic acids is 1. The molecule has 8 heteroatoms. The van der Waals surface area contributed by atoms with Gasteiger partial charge in [-0.2, -0.15) is 24.9 Å². The Morgan fingerprint density at radius 1 is 1.33 bits per heavy atom. The third kappa shape index (κ3) is 4.82. The molecule has 0 radical (unpaired) electrons. The summed E-state index contributed by atoms with van der Waals surface area (Å²) >= 11 is 1.55. The molecule has 4 nitrogen and oxygen atoms in total. The van der Waals surface area contributed by atoms with Crippen LogP contribution in [0.5, 0.6) is 0 Å². The number of alkyl halides is 3. The zero-order valence-electron chi connectivity index (χ0n) is 12.0. The number of carbonyl (C=O) groups is 1. The average molecular weight is 321 g/mol. The van der Waals surface area contributed by atoms with Crippen LogP contribution in [0.4, 0.5) is 18.9 Å². The standard InChI is InChI=1S/C13H18F3N3OS/c1-12(2,21-3)7-18-11(20)9-6-8(13(14,15)16)4-5-10(9)19-17/h4-6,19H,7,17H2,1-3H3,(H,18,20). The first-order chi connectivity index (χ1) is 9.60. The van der Waals surface area contributed by atoms with Crippen molar-refractivity contribution in [2.75, 3.05) is 18.2 Å². The minimum absolute atomic E-state index is 0.135. The van der Waals surface area contributed by atoms with Crippen LogP contribution in [-0.4, -0.2) is 23.5 Å². The van der Waals surface area contributed by atoms with Crippen LogP contribution in [0.3, 0.4) is 0 Å². The van der Waals surface area contributed by atoms with Crippen molar-refractivity contribution in [3.8, 4) is 0 Å². The van der Waals surface area contributed by atoms with Crippen LogP contribution in [0, 0.1) is 0 Å². The number of rotatable bonds is 5. The Balaban J connectivity index is 3.01. The van der Waals surface area contributed by atoms with Gasteiger partial charge in [-0.1, -0.05) is 0 Å². The van der Waals surface area contributed by atoms with Crippen molar-refractivity contribution in [1.82, 2.24) is 5.32 Å². The minimum atomic E-state index is -4.51. The molecule has 0 saturated heterocycles. The number of hydrogen-bond acceptors (Lipinski definition) is 4. The smallest absolute Gasteiger partial charge is 0.351 e. The highest BCUT2D eigenvalue weighted by atomic mass is 32.2. The predicted molar refractivity (Wildman–Crippen MR) is 79.2 cm³/mol. The van der Waals surface area contributed by atoms with E-state index >= 15 is 0 Å². The topological polar surface area (TPSA) is 67.2 Å². The molecule has 118 valence electrons. The molecule has 0 aromatic heterocycles. The normalized spacial score (nSPS) is 12.1. The molecule has 0 saturated carbocycles. The molecule has 0 spiro atoms. The summed E-state index contributed by atoms with van der Waals surface area (Å²) in [4.78, 5) is 12.1. The van der Waals surface area contributed by atoms with Crippen molar-refractivity contribution in [3.63, 3.8) is 0 Å². The number of hydrazine groups is 1. The fourth-order valence-corrected chi connectivity index (χ4v) is 1.71. The van der Waals surface area contributed by atoms with Crippen molar-refractivity contribution < 1.29 is 18.0 Å². The second kappa shape index (κ2) is 6.57. The highest BCUT2D eigenvalue weighted by Crippen LogP contribution is 2.31. The molecular weight excluding hydrogens is 303 g/mol. The number of amides is 1. The summed E-state index contributed by atoms with van der Waals surface area (Å²) in [6.07, 6.45) is -2.62. The first kappa shape index (κ1) is 17.6. The number of nitrogens with two attached hydrogens (primary N) is 1. The number of nitrogens with one attached hydrogen (secondary N) is 2. The fraction of sp³-hybridized carbons (Fsp3) is 0.462. The first-order valence-corrected chi connectivity index (χ1v) is 7.34. The molecule has 0 aliphatic rings. The third-order valence-electron chi connectivity index (χ3n) is 2.97. The Labute approximate surface area is 125 Å². The predicted octanol–water partition coefficient (Wildman–Crippen LogP) is 2.86. The summed E-state index contributed by atoms with van der Waals surface area (Å²) in [6.45, 7) is 4.17. The number of thioether (sulfide) groups is 1. The monoisotopic (exact) mass is 321 g/mol. The Hall–Kier alpha value is -1.41. The van der Waals surface area contributed by atoms with Crippen molar-refractivity contribution in [2.45, 2.75) is 24.8 Å². The van der Waals surface area contributed by atoms with E-state index in [2.05, 4.69) is 10.7 Å². The maximum atomic E-state index is 12.7. The van der Waals surface area contributed by atoms with Crippen LogP contribution in [-0.2, 0) is 6.18 Å². The van der Waals surface area contributed by atoms with Gasteiger partial charge in [0.1, 0.15) is 0 Å². The molecular formula is C13H18F3N3OS. The molecule has 21 heavy (non-hydrogen) atoms. The average Bonchev–Trinajstić information content (AvgIpc) is 2.43. The minimum Gasteiger partial charge on any atom is -0.351 e. The third-order valence-corrected chi connectivity index (χ3v) is 4.22. The zero-order chi connectivity index (χ0) is 16.3. The summed E-state index contributed by atoms with van der Waals surface area (Å²) in [5.74, 6) is 4.64. The summed E-state index contributed by atoms with van der Waals surface area (Å²) in [5, 5.41) is 2.62. The van der Waals surface area contributed by atoms with Crippen molar-refractivity contribution in [2.24, 2.45) is 5.84 Å². The van der Waals surface area contributed by atoms with Gasteiger partial charge in [-0.3, -0.25) is 10.6 Å². The van der Waals surface area contributed by atoms with Gasteiger partial charge in [0.25, 0.3) is 5.91 Å². The van der Waals surface area contributed by atoms with Gasteiger partial charge in [0.05, 0.1) is 16.8 Å². The zero-order valence-corrected chi connectivity index (χ0v) is 12.8. The number of nitrogen functional groups attached to an aromatic ring is 1. The van der Waals surface area contributed by atoms with Gasteiger partial charge < -0.3 is 10.7 Å². The van der Waals surface area contributed by atoms with E-state index in [1.807, 2.05) is 20.1 Å². The van der Waals surface area contributed by atoms with Crippen molar-refractivity contribution in [3.05, 3.63) is 29.3 Å². The Morgan fingerprint density at radius 3 is 2.43 bits per heavy atom.